The minimum absolute atomic E-state index is 0.120. The second-order valence-corrected chi connectivity index (χ2v) is 9.79. The van der Waals surface area contributed by atoms with Crippen molar-refractivity contribution in [2.45, 2.75) is 13.8 Å². The van der Waals surface area contributed by atoms with Gasteiger partial charge in [0, 0.05) is 25.1 Å². The van der Waals surface area contributed by atoms with E-state index in [4.69, 9.17) is 0 Å². The Morgan fingerprint density at radius 2 is 1.79 bits per heavy atom. The third-order valence-corrected chi connectivity index (χ3v) is 6.71. The maximum Gasteiger partial charge on any atom is 0.264 e. The molecule has 1 fully saturated rings. The molecule has 0 unspecified atom stereocenters. The smallest absolute Gasteiger partial charge is 0.264 e. The highest BCUT2D eigenvalue weighted by Gasteiger charge is 2.24. The predicted octanol–water partition coefficient (Wildman–Crippen LogP) is 6.35. The molecule has 1 aliphatic rings. The van der Waals surface area contributed by atoms with Crippen molar-refractivity contribution in [3.05, 3.63) is 84.5 Å². The van der Waals surface area contributed by atoms with E-state index in [1.807, 2.05) is 30.3 Å². The predicted molar refractivity (Wildman–Crippen MR) is 133 cm³/mol. The van der Waals surface area contributed by atoms with E-state index in [1.54, 1.807) is 0 Å². The summed E-state index contributed by atoms with van der Waals surface area (Å²) in [7, 11) is 0. The van der Waals surface area contributed by atoms with E-state index in [9.17, 15) is 4.79 Å². The van der Waals surface area contributed by atoms with Crippen LogP contribution in [0, 0.1) is 17.4 Å². The summed E-state index contributed by atoms with van der Waals surface area (Å²) in [6.07, 6.45) is 1.94. The monoisotopic (exact) mass is 577 g/mol. The number of carbonyl (C=O) groups excluding carboxylic acids is 1. The fourth-order valence-electron chi connectivity index (χ4n) is 3.18. The lowest BCUT2D eigenvalue weighted by Crippen LogP contribution is -2.19. The number of hydrogen-bond acceptors (Lipinski definition) is 3. The van der Waals surface area contributed by atoms with Crippen LogP contribution in [0.1, 0.15) is 17.0 Å². The van der Waals surface area contributed by atoms with E-state index in [0.29, 0.717) is 10.1 Å². The third kappa shape index (κ3) is 4.51. The molecule has 0 aliphatic carbocycles. The van der Waals surface area contributed by atoms with Crippen molar-refractivity contribution >= 4 is 73.1 Å². The van der Waals surface area contributed by atoms with Crippen molar-refractivity contribution in [2.24, 2.45) is 4.99 Å². The van der Waals surface area contributed by atoms with Gasteiger partial charge in [0.15, 0.2) is 5.17 Å². The molecular formula is C22H17BrIN3OS. The minimum Gasteiger partial charge on any atom is -0.318 e. The second kappa shape index (κ2) is 8.49. The van der Waals surface area contributed by atoms with E-state index in [2.05, 4.69) is 97.6 Å². The van der Waals surface area contributed by atoms with Crippen molar-refractivity contribution in [2.75, 3.05) is 0 Å². The van der Waals surface area contributed by atoms with Crippen LogP contribution in [0.25, 0.3) is 11.8 Å². The van der Waals surface area contributed by atoms with Gasteiger partial charge in [-0.25, -0.2) is 4.99 Å². The molecule has 146 valence electrons. The molecule has 0 radical (unpaired) electrons. The Morgan fingerprint density at radius 1 is 1.10 bits per heavy atom. The lowest BCUT2D eigenvalue weighted by molar-refractivity contribution is -0.115. The molecule has 1 amide bonds. The SMILES string of the molecule is Cc1cc(/C=C2\SC(=Nc3ccc(Br)cc3)NC2=O)c(C)n1-c1ccc(I)cc1. The Hall–Kier alpha value is -1.84. The van der Waals surface area contributed by atoms with Crippen molar-refractivity contribution in [1.82, 2.24) is 9.88 Å². The maximum atomic E-state index is 12.4. The van der Waals surface area contributed by atoms with Crippen LogP contribution in [0.4, 0.5) is 5.69 Å². The molecule has 1 N–H and O–H groups in total. The fourth-order valence-corrected chi connectivity index (χ4v) is 4.63. The molecule has 0 atom stereocenters. The van der Waals surface area contributed by atoms with Crippen LogP contribution in [0.15, 0.2) is 69.0 Å². The van der Waals surface area contributed by atoms with Crippen LogP contribution in [0.2, 0.25) is 0 Å². The normalized spacial score (nSPS) is 16.6. The zero-order valence-corrected chi connectivity index (χ0v) is 20.3. The minimum atomic E-state index is -0.120. The van der Waals surface area contributed by atoms with Crippen molar-refractivity contribution < 1.29 is 4.79 Å². The molecule has 0 saturated carbocycles. The Kier molecular flexibility index (Phi) is 5.98. The summed E-state index contributed by atoms with van der Waals surface area (Å²) in [6.45, 7) is 4.15. The number of amides is 1. The van der Waals surface area contributed by atoms with Crippen LogP contribution >= 0.6 is 50.3 Å². The van der Waals surface area contributed by atoms with Gasteiger partial charge in [0.25, 0.3) is 5.91 Å². The molecular weight excluding hydrogens is 561 g/mol. The molecule has 3 aromatic rings. The summed E-state index contributed by atoms with van der Waals surface area (Å²) in [5.74, 6) is -0.120. The molecule has 0 spiro atoms. The van der Waals surface area contributed by atoms with Gasteiger partial charge in [0.05, 0.1) is 10.6 Å². The van der Waals surface area contributed by atoms with Gasteiger partial charge in [-0.05, 0) is 114 Å². The molecule has 0 bridgehead atoms. The van der Waals surface area contributed by atoms with E-state index in [0.717, 1.165) is 32.8 Å². The van der Waals surface area contributed by atoms with Gasteiger partial charge in [-0.2, -0.15) is 0 Å². The van der Waals surface area contributed by atoms with Gasteiger partial charge >= 0.3 is 0 Å². The van der Waals surface area contributed by atoms with Gasteiger partial charge in [-0.15, -0.1) is 0 Å². The van der Waals surface area contributed by atoms with Crippen molar-refractivity contribution in [3.8, 4) is 5.69 Å². The molecule has 2 aromatic carbocycles. The number of hydrogen-bond donors (Lipinski definition) is 1. The van der Waals surface area contributed by atoms with E-state index < -0.39 is 0 Å². The highest BCUT2D eigenvalue weighted by molar-refractivity contribution is 14.1. The number of amidine groups is 1. The summed E-state index contributed by atoms with van der Waals surface area (Å²) in [5, 5.41) is 3.45. The van der Waals surface area contributed by atoms with Crippen molar-refractivity contribution in [1.29, 1.82) is 0 Å². The van der Waals surface area contributed by atoms with Gasteiger partial charge in [-0.1, -0.05) is 15.9 Å². The molecule has 1 aliphatic heterocycles. The first-order chi connectivity index (χ1) is 13.9. The van der Waals surface area contributed by atoms with E-state index in [-0.39, 0.29) is 5.91 Å². The Morgan fingerprint density at radius 3 is 2.48 bits per heavy atom. The number of nitrogens with one attached hydrogen (secondary N) is 1. The summed E-state index contributed by atoms with van der Waals surface area (Å²) in [4.78, 5) is 17.6. The average molecular weight is 578 g/mol. The van der Waals surface area contributed by atoms with Crippen LogP contribution in [0.3, 0.4) is 0 Å². The first-order valence-corrected chi connectivity index (χ1v) is 11.6. The number of benzene rings is 2. The topological polar surface area (TPSA) is 46.4 Å². The van der Waals surface area contributed by atoms with Crippen LogP contribution in [-0.2, 0) is 4.79 Å². The number of aliphatic imine (C=N–C) groups is 1. The Labute approximate surface area is 195 Å². The van der Waals surface area contributed by atoms with Gasteiger partial charge in [0.2, 0.25) is 0 Å². The summed E-state index contributed by atoms with van der Waals surface area (Å²) in [6, 6.07) is 18.2. The lowest BCUT2D eigenvalue weighted by atomic mass is 10.2. The number of aryl methyl sites for hydroxylation is 1. The quantitative estimate of drug-likeness (QED) is 0.291. The summed E-state index contributed by atoms with van der Waals surface area (Å²) >= 11 is 7.08. The lowest BCUT2D eigenvalue weighted by Gasteiger charge is -2.09. The number of halogens is 2. The largest absolute Gasteiger partial charge is 0.318 e. The Bertz CT molecular complexity index is 1150. The van der Waals surface area contributed by atoms with Crippen LogP contribution in [-0.4, -0.2) is 15.6 Å². The molecule has 7 heteroatoms. The third-order valence-electron chi connectivity index (χ3n) is 4.55. The van der Waals surface area contributed by atoms with Crippen molar-refractivity contribution in [3.63, 3.8) is 0 Å². The highest BCUT2D eigenvalue weighted by Crippen LogP contribution is 2.31. The first-order valence-electron chi connectivity index (χ1n) is 8.91. The summed E-state index contributed by atoms with van der Waals surface area (Å²) in [5.41, 5.74) is 5.18. The molecule has 4 rings (SSSR count). The standard InChI is InChI=1S/C22H17BrIN3OS/c1-13-11-15(14(2)27(13)19-9-5-17(24)6-10-19)12-20-21(28)26-22(29-20)25-18-7-3-16(23)4-8-18/h3-12H,1-2H3,(H,25,26,28)/b20-12-. The molecule has 4 nitrogen and oxygen atoms in total. The van der Waals surface area contributed by atoms with Crippen LogP contribution in [0.5, 0.6) is 0 Å². The number of nitrogens with zero attached hydrogens (tertiary/aromatic N) is 2. The molecule has 1 saturated heterocycles. The molecule has 1 aromatic heterocycles. The first kappa shape index (κ1) is 20.4. The zero-order valence-electron chi connectivity index (χ0n) is 15.7. The number of rotatable bonds is 3. The Balaban J connectivity index is 1.63. The maximum absolute atomic E-state index is 12.4. The van der Waals surface area contributed by atoms with Gasteiger partial charge in [0.1, 0.15) is 0 Å². The highest BCUT2D eigenvalue weighted by atomic mass is 127. The van der Waals surface area contributed by atoms with E-state index in [1.165, 1.54) is 15.3 Å². The second-order valence-electron chi connectivity index (χ2n) is 6.60. The van der Waals surface area contributed by atoms with Gasteiger partial charge < -0.3 is 9.88 Å². The zero-order chi connectivity index (χ0) is 20.5. The number of thioether (sulfide) groups is 1. The molecule has 29 heavy (non-hydrogen) atoms. The number of carbonyl (C=O) groups is 1. The van der Waals surface area contributed by atoms with Gasteiger partial charge in [-0.3, -0.25) is 4.79 Å². The molecule has 2 heterocycles. The fraction of sp³-hybridized carbons (Fsp3) is 0.0909. The summed E-state index contributed by atoms with van der Waals surface area (Å²) < 4.78 is 4.40. The van der Waals surface area contributed by atoms with E-state index >= 15 is 0 Å². The van der Waals surface area contributed by atoms with Crippen LogP contribution < -0.4 is 5.32 Å². The number of aromatic nitrogens is 1. The average Bonchev–Trinajstić information content (AvgIpc) is 3.17.